The summed E-state index contributed by atoms with van der Waals surface area (Å²) >= 11 is 0. The van der Waals surface area contributed by atoms with Crippen LogP contribution in [0.15, 0.2) is 54.2 Å². The molecule has 0 saturated heterocycles. The van der Waals surface area contributed by atoms with E-state index in [0.717, 1.165) is 5.57 Å². The Bertz CT molecular complexity index is 818. The lowest BCUT2D eigenvalue weighted by Gasteiger charge is -2.47. The van der Waals surface area contributed by atoms with Crippen LogP contribution in [0, 0.1) is 17.2 Å². The number of allylic oxidation sites excluding steroid dienone is 5. The predicted molar refractivity (Wildman–Crippen MR) is 89.1 cm³/mol. The lowest BCUT2D eigenvalue weighted by Crippen LogP contribution is -2.49. The summed E-state index contributed by atoms with van der Waals surface area (Å²) in [6.45, 7) is 7.23. The Labute approximate surface area is 140 Å². The van der Waals surface area contributed by atoms with E-state index in [1.807, 2.05) is 6.08 Å². The van der Waals surface area contributed by atoms with Gasteiger partial charge in [-0.1, -0.05) is 31.7 Å². The van der Waals surface area contributed by atoms with Crippen molar-refractivity contribution in [3.05, 3.63) is 65.5 Å². The second-order valence-corrected chi connectivity index (χ2v) is 6.68. The number of rotatable bonds is 2. The first-order chi connectivity index (χ1) is 11.3. The third kappa shape index (κ3) is 2.17. The number of carbonyl (C=O) groups is 2. The molecule has 124 valence electrons. The van der Waals surface area contributed by atoms with Gasteiger partial charge in [0.1, 0.15) is 0 Å². The number of hydrogen-bond donors (Lipinski definition) is 1. The van der Waals surface area contributed by atoms with E-state index in [1.165, 1.54) is 18.2 Å². The number of fused-ring (bicyclic) bond motifs is 1. The Kier molecular flexibility index (Phi) is 3.78. The van der Waals surface area contributed by atoms with Crippen LogP contribution in [0.2, 0.25) is 0 Å². The zero-order chi connectivity index (χ0) is 17.6. The molecule has 3 atom stereocenters. The fourth-order valence-corrected chi connectivity index (χ4v) is 4.00. The largest absolute Gasteiger partial charge is 0.505 e. The Morgan fingerprint density at radius 2 is 2.08 bits per heavy atom. The topological polar surface area (TPSA) is 54.4 Å². The van der Waals surface area contributed by atoms with Gasteiger partial charge in [0.15, 0.2) is 23.1 Å². The fourth-order valence-electron chi connectivity index (χ4n) is 4.00. The molecule has 0 unspecified atom stereocenters. The zero-order valence-electron chi connectivity index (χ0n) is 13.7. The summed E-state index contributed by atoms with van der Waals surface area (Å²) in [6, 6.07) is 4.10. The summed E-state index contributed by atoms with van der Waals surface area (Å²) in [4.78, 5) is 25.5. The molecule has 1 aromatic rings. The van der Waals surface area contributed by atoms with Crippen molar-refractivity contribution >= 4 is 11.6 Å². The summed E-state index contributed by atoms with van der Waals surface area (Å²) in [6.07, 6.45) is 5.41. The summed E-state index contributed by atoms with van der Waals surface area (Å²) in [7, 11) is 0. The van der Waals surface area contributed by atoms with Crippen molar-refractivity contribution in [2.75, 3.05) is 0 Å². The molecule has 0 bridgehead atoms. The Morgan fingerprint density at radius 1 is 1.38 bits per heavy atom. The highest BCUT2D eigenvalue weighted by Crippen LogP contribution is 2.54. The van der Waals surface area contributed by atoms with Gasteiger partial charge in [-0.3, -0.25) is 9.59 Å². The molecular formula is C20H19FO3. The number of aromatic hydroxyl groups is 1. The van der Waals surface area contributed by atoms with Crippen LogP contribution in [0.4, 0.5) is 4.39 Å². The molecule has 1 aromatic carbocycles. The Hall–Kier alpha value is -2.49. The van der Waals surface area contributed by atoms with E-state index < -0.39 is 28.8 Å². The summed E-state index contributed by atoms with van der Waals surface area (Å²) in [5.74, 6) is -2.31. The average Bonchev–Trinajstić information content (AvgIpc) is 2.55. The summed E-state index contributed by atoms with van der Waals surface area (Å²) < 4.78 is 13.9. The van der Waals surface area contributed by atoms with Crippen molar-refractivity contribution in [2.45, 2.75) is 26.2 Å². The number of Topliss-reactive ketones (excluding diaryl/α,β-unsaturated/α-hetero) is 1. The van der Waals surface area contributed by atoms with E-state index in [-0.39, 0.29) is 11.6 Å². The Morgan fingerprint density at radius 3 is 2.71 bits per heavy atom. The normalized spacial score (nSPS) is 29.6. The first-order valence-corrected chi connectivity index (χ1v) is 7.88. The first kappa shape index (κ1) is 16.4. The van der Waals surface area contributed by atoms with Gasteiger partial charge >= 0.3 is 0 Å². The third-order valence-corrected chi connectivity index (χ3v) is 5.37. The van der Waals surface area contributed by atoms with Crippen molar-refractivity contribution in [1.29, 1.82) is 0 Å². The molecule has 0 radical (unpaired) electrons. The van der Waals surface area contributed by atoms with Crippen LogP contribution in [0.25, 0.3) is 0 Å². The molecule has 0 spiro atoms. The van der Waals surface area contributed by atoms with Gasteiger partial charge in [-0.15, -0.1) is 0 Å². The zero-order valence-corrected chi connectivity index (χ0v) is 13.7. The number of halogens is 1. The molecule has 0 fully saturated rings. The molecular weight excluding hydrogens is 307 g/mol. The van der Waals surface area contributed by atoms with Gasteiger partial charge in [-0.2, -0.15) is 0 Å². The molecule has 3 rings (SSSR count). The first-order valence-electron chi connectivity index (χ1n) is 7.88. The molecule has 0 aromatic heterocycles. The monoisotopic (exact) mass is 326 g/mol. The van der Waals surface area contributed by atoms with E-state index >= 15 is 0 Å². The number of carbonyl (C=O) groups excluding carboxylic acids is 2. The smallest absolute Gasteiger partial charge is 0.165 e. The quantitative estimate of drug-likeness (QED) is 0.898. The van der Waals surface area contributed by atoms with Crippen molar-refractivity contribution in [1.82, 2.24) is 0 Å². The molecule has 0 aliphatic heterocycles. The van der Waals surface area contributed by atoms with Crippen LogP contribution in [0.3, 0.4) is 0 Å². The number of phenols is 1. The second kappa shape index (κ2) is 5.55. The van der Waals surface area contributed by atoms with Gasteiger partial charge in [0.25, 0.3) is 0 Å². The molecule has 1 N–H and O–H groups in total. The van der Waals surface area contributed by atoms with Crippen molar-refractivity contribution in [2.24, 2.45) is 11.3 Å². The molecule has 24 heavy (non-hydrogen) atoms. The number of ketones is 2. The van der Waals surface area contributed by atoms with Crippen LogP contribution in [0.1, 0.15) is 31.7 Å². The number of phenolic OH excluding ortho intramolecular Hbond substituents is 1. The minimum atomic E-state index is -0.988. The highest BCUT2D eigenvalue weighted by atomic mass is 19.1. The predicted octanol–water partition coefficient (Wildman–Crippen LogP) is 3.85. The van der Waals surface area contributed by atoms with Gasteiger partial charge in [-0.25, -0.2) is 4.39 Å². The number of benzene rings is 1. The van der Waals surface area contributed by atoms with Gasteiger partial charge in [0, 0.05) is 11.8 Å². The van der Waals surface area contributed by atoms with Crippen molar-refractivity contribution in [3.8, 4) is 5.75 Å². The van der Waals surface area contributed by atoms with E-state index in [4.69, 9.17) is 0 Å². The number of hydrogen-bond acceptors (Lipinski definition) is 3. The minimum absolute atomic E-state index is 0.0410. The van der Waals surface area contributed by atoms with Crippen molar-refractivity contribution < 1.29 is 19.1 Å². The molecule has 0 saturated carbocycles. The van der Waals surface area contributed by atoms with Crippen LogP contribution < -0.4 is 0 Å². The Balaban J connectivity index is 2.23. The maximum atomic E-state index is 13.9. The van der Waals surface area contributed by atoms with Gasteiger partial charge < -0.3 is 5.11 Å². The van der Waals surface area contributed by atoms with E-state index in [0.29, 0.717) is 17.6 Å². The lowest BCUT2D eigenvalue weighted by molar-refractivity contribution is -0.137. The maximum Gasteiger partial charge on any atom is 0.165 e. The van der Waals surface area contributed by atoms with Crippen LogP contribution >= 0.6 is 0 Å². The molecule has 0 heterocycles. The van der Waals surface area contributed by atoms with E-state index in [1.54, 1.807) is 26.0 Å². The average molecular weight is 326 g/mol. The van der Waals surface area contributed by atoms with Gasteiger partial charge in [-0.05, 0) is 48.3 Å². The summed E-state index contributed by atoms with van der Waals surface area (Å²) in [5, 5.41) is 9.45. The van der Waals surface area contributed by atoms with E-state index in [2.05, 4.69) is 6.58 Å². The SMILES string of the molecule is C=CC1=CC[C@H]2C(=O)C(C)=CC(=O)[C@@]2(C)[C@H]1c1ccc(O)c(F)c1. The highest BCUT2D eigenvalue weighted by Gasteiger charge is 2.54. The van der Waals surface area contributed by atoms with E-state index in [9.17, 15) is 19.1 Å². The molecule has 4 heteroatoms. The summed E-state index contributed by atoms with van der Waals surface area (Å²) in [5.41, 5.74) is 0.831. The second-order valence-electron chi connectivity index (χ2n) is 6.68. The van der Waals surface area contributed by atoms with Crippen molar-refractivity contribution in [3.63, 3.8) is 0 Å². The van der Waals surface area contributed by atoms with Gasteiger partial charge in [0.2, 0.25) is 0 Å². The van der Waals surface area contributed by atoms with Gasteiger partial charge in [0.05, 0.1) is 5.41 Å². The standard InChI is InChI=1S/C20H19FO3/c1-4-12-5-7-14-19(24)11(2)9-17(23)20(14,3)18(12)13-6-8-16(22)15(21)10-13/h4-6,8-10,14,18,22H,1,7H2,2-3H3/t14-,18+,20-/m0/s1. The lowest BCUT2D eigenvalue weighted by atomic mass is 9.53. The minimum Gasteiger partial charge on any atom is -0.505 e. The molecule has 2 aliphatic rings. The molecule has 2 aliphatic carbocycles. The maximum absolute atomic E-state index is 13.9. The van der Waals surface area contributed by atoms with Crippen LogP contribution in [-0.4, -0.2) is 16.7 Å². The molecule has 0 amide bonds. The third-order valence-electron chi connectivity index (χ3n) is 5.37. The highest BCUT2D eigenvalue weighted by molar-refractivity contribution is 6.13. The fraction of sp³-hybridized carbons (Fsp3) is 0.300. The van der Waals surface area contributed by atoms with Crippen LogP contribution in [-0.2, 0) is 9.59 Å². The van der Waals surface area contributed by atoms with Crippen LogP contribution in [0.5, 0.6) is 5.75 Å². The molecule has 3 nitrogen and oxygen atoms in total.